The first-order valence-corrected chi connectivity index (χ1v) is 5.62. The molecule has 6 heteroatoms. The molecular formula is C12H15N3O3. The molecule has 1 heterocycles. The third-order valence-electron chi connectivity index (χ3n) is 2.90. The van der Waals surface area contributed by atoms with Gasteiger partial charge in [-0.2, -0.15) is 0 Å². The van der Waals surface area contributed by atoms with Crippen LogP contribution in [0.25, 0.3) is 0 Å². The van der Waals surface area contributed by atoms with E-state index < -0.39 is 5.91 Å². The molecule has 2 unspecified atom stereocenters. The van der Waals surface area contributed by atoms with Crippen LogP contribution in [0.2, 0.25) is 0 Å². The van der Waals surface area contributed by atoms with Crippen molar-refractivity contribution in [2.75, 3.05) is 18.5 Å². The van der Waals surface area contributed by atoms with Gasteiger partial charge in [-0.25, -0.2) is 0 Å². The maximum absolute atomic E-state index is 11.9. The number of nitrogens with two attached hydrogens (primary N) is 2. The van der Waals surface area contributed by atoms with Crippen LogP contribution in [0.5, 0.6) is 0 Å². The molecule has 1 aromatic rings. The molecule has 18 heavy (non-hydrogen) atoms. The number of rotatable bonds is 3. The third-order valence-corrected chi connectivity index (χ3v) is 2.90. The fourth-order valence-electron chi connectivity index (χ4n) is 1.79. The second kappa shape index (κ2) is 5.16. The molecule has 2 rings (SSSR count). The van der Waals surface area contributed by atoms with E-state index in [1.165, 1.54) is 0 Å². The highest BCUT2D eigenvalue weighted by atomic mass is 16.5. The van der Waals surface area contributed by atoms with Crippen molar-refractivity contribution in [2.24, 2.45) is 17.4 Å². The normalized spacial score (nSPS) is 22.7. The molecule has 0 aliphatic carbocycles. The first-order chi connectivity index (χ1) is 8.58. The smallest absolute Gasteiger partial charge is 0.248 e. The molecule has 2 atom stereocenters. The summed E-state index contributed by atoms with van der Waals surface area (Å²) in [6.07, 6.45) is 0. The van der Waals surface area contributed by atoms with Crippen molar-refractivity contribution in [1.29, 1.82) is 0 Å². The molecule has 0 spiro atoms. The Morgan fingerprint density at radius 1 is 1.22 bits per heavy atom. The molecule has 0 bridgehead atoms. The highest BCUT2D eigenvalue weighted by Crippen LogP contribution is 2.15. The van der Waals surface area contributed by atoms with Crippen LogP contribution in [0.1, 0.15) is 10.4 Å². The van der Waals surface area contributed by atoms with Crippen LogP contribution in [-0.4, -0.2) is 31.1 Å². The van der Waals surface area contributed by atoms with Gasteiger partial charge in [0.2, 0.25) is 11.8 Å². The largest absolute Gasteiger partial charge is 0.379 e. The molecule has 96 valence electrons. The summed E-state index contributed by atoms with van der Waals surface area (Å²) in [5.74, 6) is -1.01. The van der Waals surface area contributed by atoms with Crippen molar-refractivity contribution < 1.29 is 14.3 Å². The van der Waals surface area contributed by atoms with Gasteiger partial charge < -0.3 is 21.5 Å². The minimum Gasteiger partial charge on any atom is -0.379 e. The predicted octanol–water partition coefficient (Wildman–Crippen LogP) is -0.302. The van der Waals surface area contributed by atoms with Gasteiger partial charge in [-0.3, -0.25) is 9.59 Å². The summed E-state index contributed by atoms with van der Waals surface area (Å²) >= 11 is 0. The predicted molar refractivity (Wildman–Crippen MR) is 65.9 cm³/mol. The number of ether oxygens (including phenoxy) is 1. The average Bonchev–Trinajstić information content (AvgIpc) is 2.76. The summed E-state index contributed by atoms with van der Waals surface area (Å²) < 4.78 is 5.13. The van der Waals surface area contributed by atoms with Crippen LogP contribution in [0.4, 0.5) is 5.69 Å². The van der Waals surface area contributed by atoms with Crippen molar-refractivity contribution in [3.05, 3.63) is 29.8 Å². The second-order valence-electron chi connectivity index (χ2n) is 4.24. The maximum Gasteiger partial charge on any atom is 0.248 e. The summed E-state index contributed by atoms with van der Waals surface area (Å²) in [7, 11) is 0. The molecule has 1 saturated heterocycles. The van der Waals surface area contributed by atoms with E-state index in [1.54, 1.807) is 24.3 Å². The van der Waals surface area contributed by atoms with Crippen LogP contribution in [0, 0.1) is 5.92 Å². The summed E-state index contributed by atoms with van der Waals surface area (Å²) in [6, 6.07) is 6.10. The van der Waals surface area contributed by atoms with Crippen LogP contribution < -0.4 is 16.8 Å². The minimum absolute atomic E-state index is 0.174. The molecule has 0 aromatic heterocycles. The van der Waals surface area contributed by atoms with E-state index in [0.29, 0.717) is 24.5 Å². The fourth-order valence-corrected chi connectivity index (χ4v) is 1.79. The first kappa shape index (κ1) is 12.5. The highest BCUT2D eigenvalue weighted by Gasteiger charge is 2.31. The van der Waals surface area contributed by atoms with E-state index in [9.17, 15) is 9.59 Å². The van der Waals surface area contributed by atoms with E-state index >= 15 is 0 Å². The van der Waals surface area contributed by atoms with Crippen molar-refractivity contribution in [1.82, 2.24) is 0 Å². The molecule has 2 amide bonds. The number of anilines is 1. The van der Waals surface area contributed by atoms with Crippen molar-refractivity contribution in [2.45, 2.75) is 6.04 Å². The first-order valence-electron chi connectivity index (χ1n) is 5.62. The maximum atomic E-state index is 11.9. The zero-order chi connectivity index (χ0) is 13.1. The molecule has 0 saturated carbocycles. The number of amides is 2. The Labute approximate surface area is 104 Å². The van der Waals surface area contributed by atoms with E-state index in [4.69, 9.17) is 16.2 Å². The Balaban J connectivity index is 2.00. The quantitative estimate of drug-likeness (QED) is 0.683. The van der Waals surface area contributed by atoms with E-state index in [0.717, 1.165) is 0 Å². The van der Waals surface area contributed by atoms with Crippen molar-refractivity contribution in [3.63, 3.8) is 0 Å². The Hall–Kier alpha value is -1.92. The van der Waals surface area contributed by atoms with Gasteiger partial charge in [0, 0.05) is 17.3 Å². The van der Waals surface area contributed by atoms with Gasteiger partial charge >= 0.3 is 0 Å². The van der Waals surface area contributed by atoms with Crippen molar-refractivity contribution in [3.8, 4) is 0 Å². The van der Waals surface area contributed by atoms with Crippen LogP contribution in [-0.2, 0) is 9.53 Å². The van der Waals surface area contributed by atoms with Gasteiger partial charge in [-0.05, 0) is 24.3 Å². The third kappa shape index (κ3) is 2.66. The molecule has 6 nitrogen and oxygen atoms in total. The van der Waals surface area contributed by atoms with E-state index in [1.807, 2.05) is 0 Å². The molecule has 1 aliphatic rings. The molecule has 1 aliphatic heterocycles. The number of benzene rings is 1. The van der Waals surface area contributed by atoms with E-state index in [-0.39, 0.29) is 17.9 Å². The zero-order valence-corrected chi connectivity index (χ0v) is 9.76. The lowest BCUT2D eigenvalue weighted by molar-refractivity contribution is -0.120. The standard InChI is InChI=1S/C12H15N3O3/c13-10-6-18-5-9(10)12(17)15-8-3-1-7(2-4-8)11(14)16/h1-4,9-10H,5-6,13H2,(H2,14,16)(H,15,17). The number of nitrogens with one attached hydrogen (secondary N) is 1. The summed E-state index contributed by atoms with van der Waals surface area (Å²) in [5.41, 5.74) is 11.9. The van der Waals surface area contributed by atoms with Gasteiger partial charge in [-0.1, -0.05) is 0 Å². The number of hydrogen-bond acceptors (Lipinski definition) is 4. The van der Waals surface area contributed by atoms with Crippen molar-refractivity contribution >= 4 is 17.5 Å². The van der Waals surface area contributed by atoms with Crippen LogP contribution in [0.15, 0.2) is 24.3 Å². The van der Waals surface area contributed by atoms with Gasteiger partial charge in [0.25, 0.3) is 0 Å². The Morgan fingerprint density at radius 3 is 2.39 bits per heavy atom. The molecule has 0 radical (unpaired) electrons. The SMILES string of the molecule is NC(=O)c1ccc(NC(=O)C2COCC2N)cc1. The average molecular weight is 249 g/mol. The molecular weight excluding hydrogens is 234 g/mol. The summed E-state index contributed by atoms with van der Waals surface area (Å²) in [4.78, 5) is 22.8. The second-order valence-corrected chi connectivity index (χ2v) is 4.24. The number of hydrogen-bond donors (Lipinski definition) is 3. The highest BCUT2D eigenvalue weighted by molar-refractivity contribution is 5.95. The van der Waals surface area contributed by atoms with Gasteiger partial charge in [0.15, 0.2) is 0 Å². The minimum atomic E-state index is -0.501. The molecule has 1 aromatic carbocycles. The van der Waals surface area contributed by atoms with Gasteiger partial charge in [0.1, 0.15) is 0 Å². The number of carbonyl (C=O) groups excluding carboxylic acids is 2. The van der Waals surface area contributed by atoms with E-state index in [2.05, 4.69) is 5.32 Å². The van der Waals surface area contributed by atoms with Crippen LogP contribution in [0.3, 0.4) is 0 Å². The van der Waals surface area contributed by atoms with Crippen LogP contribution >= 0.6 is 0 Å². The Kier molecular flexibility index (Phi) is 3.59. The lowest BCUT2D eigenvalue weighted by Crippen LogP contribution is -2.37. The lowest BCUT2D eigenvalue weighted by Gasteiger charge is -2.13. The summed E-state index contributed by atoms with van der Waals surface area (Å²) in [5, 5.41) is 2.73. The summed E-state index contributed by atoms with van der Waals surface area (Å²) in [6.45, 7) is 0.741. The number of primary amides is 1. The zero-order valence-electron chi connectivity index (χ0n) is 9.76. The lowest BCUT2D eigenvalue weighted by atomic mass is 10.0. The Bertz CT molecular complexity index is 458. The number of carbonyl (C=O) groups is 2. The molecule has 5 N–H and O–H groups in total. The topological polar surface area (TPSA) is 107 Å². The monoisotopic (exact) mass is 249 g/mol. The van der Waals surface area contributed by atoms with Gasteiger partial charge in [-0.15, -0.1) is 0 Å². The fraction of sp³-hybridized carbons (Fsp3) is 0.333. The van der Waals surface area contributed by atoms with Gasteiger partial charge in [0.05, 0.1) is 19.1 Å². The Morgan fingerprint density at radius 2 is 1.89 bits per heavy atom. The molecule has 1 fully saturated rings.